The van der Waals surface area contributed by atoms with Gasteiger partial charge in [0, 0.05) is 36.7 Å². The van der Waals surface area contributed by atoms with E-state index in [2.05, 4.69) is 14.9 Å². The number of halogens is 3. The number of nitrogens with one attached hydrogen (secondary N) is 2. The van der Waals surface area contributed by atoms with Crippen molar-refractivity contribution in [2.24, 2.45) is 5.92 Å². The zero-order valence-corrected chi connectivity index (χ0v) is 17.6. The van der Waals surface area contributed by atoms with E-state index in [1.54, 1.807) is 12.1 Å². The third kappa shape index (κ3) is 5.50. The van der Waals surface area contributed by atoms with Crippen LogP contribution in [0.2, 0.25) is 0 Å². The topological polar surface area (TPSA) is 70.7 Å². The summed E-state index contributed by atoms with van der Waals surface area (Å²) >= 11 is 0. The standard InChI is InChI=1S/C21H24F3N3O3S/c22-21(23,24)19-13-17(5-8-20(19)31(28,29)25-14-15-1-2-15)26-16-3-6-18(7-4-16)27-9-11-30-12-10-27/h3-8,13,15,25-26H,1-2,9-12,14H2. The lowest BCUT2D eigenvalue weighted by atomic mass is 10.1. The number of ether oxygens (including phenoxy) is 1. The zero-order chi connectivity index (χ0) is 22.1. The number of sulfonamides is 1. The molecule has 1 aliphatic heterocycles. The second-order valence-corrected chi connectivity index (χ2v) is 9.51. The largest absolute Gasteiger partial charge is 0.417 e. The molecule has 1 aliphatic carbocycles. The first-order valence-corrected chi connectivity index (χ1v) is 11.6. The lowest BCUT2D eigenvalue weighted by Crippen LogP contribution is -2.36. The Morgan fingerprint density at radius 3 is 2.26 bits per heavy atom. The monoisotopic (exact) mass is 455 g/mol. The lowest BCUT2D eigenvalue weighted by Gasteiger charge is -2.29. The second kappa shape index (κ2) is 8.68. The Balaban J connectivity index is 1.53. The van der Waals surface area contributed by atoms with Crippen LogP contribution >= 0.6 is 0 Å². The first kappa shape index (κ1) is 21.9. The molecule has 0 unspecified atom stereocenters. The van der Waals surface area contributed by atoms with E-state index < -0.39 is 26.7 Å². The van der Waals surface area contributed by atoms with Crippen molar-refractivity contribution in [2.45, 2.75) is 23.9 Å². The highest BCUT2D eigenvalue weighted by atomic mass is 32.2. The predicted octanol–water partition coefficient (Wildman–Crippen LogP) is 3.97. The van der Waals surface area contributed by atoms with E-state index in [4.69, 9.17) is 4.74 Å². The Bertz CT molecular complexity index is 1020. The van der Waals surface area contributed by atoms with E-state index in [1.807, 2.05) is 12.1 Å². The third-order valence-electron chi connectivity index (χ3n) is 5.37. The predicted molar refractivity (Wildman–Crippen MR) is 112 cm³/mol. The number of morpholine rings is 1. The maximum atomic E-state index is 13.6. The highest BCUT2D eigenvalue weighted by molar-refractivity contribution is 7.89. The van der Waals surface area contributed by atoms with Gasteiger partial charge in [-0.25, -0.2) is 13.1 Å². The van der Waals surface area contributed by atoms with Crippen LogP contribution in [0.5, 0.6) is 0 Å². The first-order chi connectivity index (χ1) is 14.7. The molecule has 1 heterocycles. The van der Waals surface area contributed by atoms with Crippen molar-refractivity contribution < 1.29 is 26.3 Å². The molecule has 2 aromatic rings. The molecular formula is C21H24F3N3O3S. The normalized spacial score (nSPS) is 17.6. The van der Waals surface area contributed by atoms with Gasteiger partial charge in [-0.1, -0.05) is 0 Å². The van der Waals surface area contributed by atoms with Crippen molar-refractivity contribution in [3.63, 3.8) is 0 Å². The number of anilines is 3. The molecule has 31 heavy (non-hydrogen) atoms. The highest BCUT2D eigenvalue weighted by Gasteiger charge is 2.38. The van der Waals surface area contributed by atoms with Crippen LogP contribution in [0.3, 0.4) is 0 Å². The Morgan fingerprint density at radius 2 is 1.65 bits per heavy atom. The summed E-state index contributed by atoms with van der Waals surface area (Å²) < 4.78 is 73.4. The van der Waals surface area contributed by atoms with Crippen LogP contribution < -0.4 is 14.9 Å². The van der Waals surface area contributed by atoms with Crippen LogP contribution in [0.25, 0.3) is 0 Å². The average Bonchev–Trinajstić information content (AvgIpc) is 3.57. The van der Waals surface area contributed by atoms with Crippen molar-refractivity contribution in [1.29, 1.82) is 0 Å². The minimum atomic E-state index is -4.80. The fourth-order valence-corrected chi connectivity index (χ4v) is 4.76. The van der Waals surface area contributed by atoms with Gasteiger partial charge in [0.25, 0.3) is 0 Å². The number of nitrogens with zero attached hydrogens (tertiary/aromatic N) is 1. The molecule has 10 heteroatoms. The Kier molecular flexibility index (Phi) is 6.14. The molecule has 0 atom stereocenters. The molecule has 1 saturated carbocycles. The molecule has 2 fully saturated rings. The number of rotatable bonds is 7. The SMILES string of the molecule is O=S(=O)(NCC1CC1)c1ccc(Nc2ccc(N3CCOCC3)cc2)cc1C(F)(F)F. The van der Waals surface area contributed by atoms with Crippen LogP contribution in [-0.4, -0.2) is 41.3 Å². The van der Waals surface area contributed by atoms with Crippen LogP contribution in [0.4, 0.5) is 30.2 Å². The summed E-state index contributed by atoms with van der Waals surface area (Å²) in [5.41, 5.74) is 0.582. The summed E-state index contributed by atoms with van der Waals surface area (Å²) in [4.78, 5) is 1.41. The van der Waals surface area contributed by atoms with Crippen molar-refractivity contribution >= 4 is 27.1 Å². The molecule has 2 aromatic carbocycles. The molecule has 0 spiro atoms. The molecule has 1 saturated heterocycles. The smallest absolute Gasteiger partial charge is 0.378 e. The molecule has 4 rings (SSSR count). The van der Waals surface area contributed by atoms with Crippen molar-refractivity contribution in [3.8, 4) is 0 Å². The summed E-state index contributed by atoms with van der Waals surface area (Å²) in [6.45, 7) is 3.05. The van der Waals surface area contributed by atoms with Crippen LogP contribution in [0.1, 0.15) is 18.4 Å². The Hall–Kier alpha value is -2.30. The fourth-order valence-electron chi connectivity index (χ4n) is 3.43. The van der Waals surface area contributed by atoms with Gasteiger partial charge in [0.15, 0.2) is 0 Å². The van der Waals surface area contributed by atoms with E-state index in [1.165, 1.54) is 6.07 Å². The molecular weight excluding hydrogens is 431 g/mol. The molecule has 2 aliphatic rings. The molecule has 6 nitrogen and oxygen atoms in total. The average molecular weight is 456 g/mol. The quantitative estimate of drug-likeness (QED) is 0.661. The van der Waals surface area contributed by atoms with Gasteiger partial charge in [-0.15, -0.1) is 0 Å². The lowest BCUT2D eigenvalue weighted by molar-refractivity contribution is -0.139. The number of hydrogen-bond acceptors (Lipinski definition) is 5. The Morgan fingerprint density at radius 1 is 1.00 bits per heavy atom. The van der Waals surface area contributed by atoms with E-state index in [9.17, 15) is 21.6 Å². The second-order valence-electron chi connectivity index (χ2n) is 7.78. The van der Waals surface area contributed by atoms with Gasteiger partial charge in [0.05, 0.1) is 23.7 Å². The van der Waals surface area contributed by atoms with Gasteiger partial charge in [-0.3, -0.25) is 0 Å². The van der Waals surface area contributed by atoms with E-state index in [0.29, 0.717) is 18.9 Å². The molecule has 168 valence electrons. The van der Waals surface area contributed by atoms with E-state index >= 15 is 0 Å². The van der Waals surface area contributed by atoms with Crippen LogP contribution in [0, 0.1) is 5.92 Å². The molecule has 0 aromatic heterocycles. The molecule has 2 N–H and O–H groups in total. The summed E-state index contributed by atoms with van der Waals surface area (Å²) in [5.74, 6) is 0.213. The van der Waals surface area contributed by atoms with Gasteiger partial charge in [0.2, 0.25) is 10.0 Å². The van der Waals surface area contributed by atoms with Gasteiger partial charge in [-0.2, -0.15) is 13.2 Å². The van der Waals surface area contributed by atoms with Crippen molar-refractivity contribution in [2.75, 3.05) is 43.1 Å². The van der Waals surface area contributed by atoms with Crippen molar-refractivity contribution in [1.82, 2.24) is 4.72 Å². The zero-order valence-electron chi connectivity index (χ0n) is 16.8. The first-order valence-electron chi connectivity index (χ1n) is 10.1. The minimum Gasteiger partial charge on any atom is -0.378 e. The van der Waals surface area contributed by atoms with Crippen LogP contribution in [-0.2, 0) is 20.9 Å². The Labute approximate surface area is 179 Å². The van der Waals surface area contributed by atoms with Gasteiger partial charge in [0.1, 0.15) is 0 Å². The maximum absolute atomic E-state index is 13.6. The summed E-state index contributed by atoms with van der Waals surface area (Å²) in [5, 5.41) is 2.93. The maximum Gasteiger partial charge on any atom is 0.417 e. The third-order valence-corrected chi connectivity index (χ3v) is 6.85. The summed E-state index contributed by atoms with van der Waals surface area (Å²) in [6.07, 6.45) is -3.02. The number of hydrogen-bond donors (Lipinski definition) is 2. The number of benzene rings is 2. The summed E-state index contributed by atoms with van der Waals surface area (Å²) in [6, 6.07) is 10.5. The van der Waals surface area contributed by atoms with E-state index in [0.717, 1.165) is 43.8 Å². The van der Waals surface area contributed by atoms with Gasteiger partial charge in [-0.05, 0) is 61.2 Å². The van der Waals surface area contributed by atoms with Gasteiger partial charge >= 0.3 is 6.18 Å². The van der Waals surface area contributed by atoms with E-state index in [-0.39, 0.29) is 18.2 Å². The van der Waals surface area contributed by atoms with Crippen LogP contribution in [0.15, 0.2) is 47.4 Å². The molecule has 0 amide bonds. The minimum absolute atomic E-state index is 0.160. The number of alkyl halides is 3. The van der Waals surface area contributed by atoms with Crippen molar-refractivity contribution in [3.05, 3.63) is 48.0 Å². The summed E-state index contributed by atoms with van der Waals surface area (Å²) in [7, 11) is -4.25. The van der Waals surface area contributed by atoms with Gasteiger partial charge < -0.3 is 15.0 Å². The molecule has 0 radical (unpaired) electrons. The fraction of sp³-hybridized carbons (Fsp3) is 0.429. The molecule has 0 bridgehead atoms. The highest BCUT2D eigenvalue weighted by Crippen LogP contribution is 2.37.